The van der Waals surface area contributed by atoms with Gasteiger partial charge in [-0.05, 0) is 27.6 Å². The average Bonchev–Trinajstić information content (AvgIpc) is 1.94. The fourth-order valence-electron chi connectivity index (χ4n) is 0.890. The summed E-state index contributed by atoms with van der Waals surface area (Å²) >= 11 is 9.33. The van der Waals surface area contributed by atoms with E-state index in [2.05, 4.69) is 29.8 Å². The van der Waals surface area contributed by atoms with E-state index in [1.165, 1.54) is 11.5 Å². The van der Waals surface area contributed by atoms with Crippen LogP contribution >= 0.6 is 27.5 Å². The molecular weight excluding hydrogens is 223 g/mol. The van der Waals surface area contributed by atoms with E-state index in [1.807, 2.05) is 18.2 Å². The molecule has 1 aromatic carbocycles. The molecule has 11 heavy (non-hydrogen) atoms. The van der Waals surface area contributed by atoms with Gasteiger partial charge in [0, 0.05) is 10.4 Å². The Bertz CT molecular complexity index is 256. The van der Waals surface area contributed by atoms with E-state index in [0.717, 1.165) is 9.50 Å². The predicted octanol–water partition coefficient (Wildman–Crippen LogP) is 4.06. The Hall–Kier alpha value is -0.0100. The van der Waals surface area contributed by atoms with Crippen LogP contribution in [0.3, 0.4) is 0 Å². The molecular formula is C9H9BrCl. The molecule has 1 aromatic rings. The lowest BCUT2D eigenvalue weighted by Gasteiger charge is -2.07. The molecule has 0 spiro atoms. The second kappa shape index (κ2) is 3.59. The van der Waals surface area contributed by atoms with Crippen molar-refractivity contribution in [2.75, 3.05) is 0 Å². The lowest BCUT2D eigenvalue weighted by Crippen LogP contribution is -1.89. The molecule has 2 heteroatoms. The van der Waals surface area contributed by atoms with Crippen LogP contribution in [0.1, 0.15) is 19.4 Å². The summed E-state index contributed by atoms with van der Waals surface area (Å²) < 4.78 is 0.988. The molecule has 0 unspecified atom stereocenters. The van der Waals surface area contributed by atoms with Crippen molar-refractivity contribution in [1.29, 1.82) is 0 Å². The fourth-order valence-corrected chi connectivity index (χ4v) is 1.73. The summed E-state index contributed by atoms with van der Waals surface area (Å²) in [5.74, 6) is 1.26. The standard InChI is InChI=1S/C9H9BrCl/c1-6(2)7-4-3-5-8(11)9(7)10/h3-5H,1-2H3. The van der Waals surface area contributed by atoms with E-state index < -0.39 is 0 Å². The molecule has 0 saturated carbocycles. The summed E-state index contributed by atoms with van der Waals surface area (Å²) in [5.41, 5.74) is 1.18. The van der Waals surface area contributed by atoms with Gasteiger partial charge >= 0.3 is 0 Å². The zero-order chi connectivity index (χ0) is 8.43. The number of benzene rings is 1. The van der Waals surface area contributed by atoms with Gasteiger partial charge in [0.15, 0.2) is 0 Å². The molecule has 1 rings (SSSR count). The van der Waals surface area contributed by atoms with Crippen LogP contribution in [0.2, 0.25) is 5.02 Å². The van der Waals surface area contributed by atoms with Gasteiger partial charge in [-0.3, -0.25) is 0 Å². The Kier molecular flexibility index (Phi) is 2.97. The molecule has 0 atom stereocenters. The van der Waals surface area contributed by atoms with Crippen LogP contribution in [0.4, 0.5) is 0 Å². The first-order chi connectivity index (χ1) is 5.13. The van der Waals surface area contributed by atoms with Crippen molar-refractivity contribution in [3.05, 3.63) is 39.2 Å². The second-order valence-corrected chi connectivity index (χ2v) is 3.80. The highest BCUT2D eigenvalue weighted by Gasteiger charge is 2.06. The topological polar surface area (TPSA) is 0 Å². The van der Waals surface area contributed by atoms with E-state index in [1.54, 1.807) is 0 Å². The van der Waals surface area contributed by atoms with Crippen LogP contribution in [0, 0.1) is 5.92 Å². The molecule has 0 aromatic heterocycles. The Balaban J connectivity index is 3.17. The number of halogens is 2. The van der Waals surface area contributed by atoms with Crippen molar-refractivity contribution in [2.45, 2.75) is 13.8 Å². The first-order valence-corrected chi connectivity index (χ1v) is 4.54. The average molecular weight is 233 g/mol. The summed E-state index contributed by atoms with van der Waals surface area (Å²) in [6.07, 6.45) is 0. The Morgan fingerprint density at radius 2 is 2.00 bits per heavy atom. The minimum absolute atomic E-state index is 0.767. The van der Waals surface area contributed by atoms with Crippen LogP contribution in [0.5, 0.6) is 0 Å². The van der Waals surface area contributed by atoms with Gasteiger partial charge in [-0.1, -0.05) is 37.6 Å². The number of hydrogen-bond acceptors (Lipinski definition) is 0. The molecule has 0 amide bonds. The third kappa shape index (κ3) is 1.97. The molecule has 0 aliphatic heterocycles. The number of rotatable bonds is 1. The largest absolute Gasteiger partial charge is 0.0831 e. The molecule has 59 valence electrons. The lowest BCUT2D eigenvalue weighted by molar-refractivity contribution is 1.14. The third-order valence-corrected chi connectivity index (χ3v) is 2.89. The molecule has 0 nitrogen and oxygen atoms in total. The van der Waals surface area contributed by atoms with Crippen LogP contribution in [-0.2, 0) is 0 Å². The minimum atomic E-state index is 0.767. The van der Waals surface area contributed by atoms with E-state index >= 15 is 0 Å². The molecule has 0 fully saturated rings. The van der Waals surface area contributed by atoms with Gasteiger partial charge in [-0.2, -0.15) is 0 Å². The van der Waals surface area contributed by atoms with Gasteiger partial charge in [0.25, 0.3) is 0 Å². The molecule has 0 aliphatic rings. The highest BCUT2D eigenvalue weighted by molar-refractivity contribution is 9.10. The maximum absolute atomic E-state index is 5.90. The van der Waals surface area contributed by atoms with Crippen molar-refractivity contribution in [3.63, 3.8) is 0 Å². The SMILES string of the molecule is C[C](C)c1cccc(Cl)c1Br. The minimum Gasteiger partial charge on any atom is -0.0831 e. The Morgan fingerprint density at radius 1 is 1.36 bits per heavy atom. The molecule has 0 bridgehead atoms. The van der Waals surface area contributed by atoms with Crippen LogP contribution in [0.15, 0.2) is 22.7 Å². The molecule has 0 aliphatic carbocycles. The summed E-state index contributed by atoms with van der Waals surface area (Å²) in [7, 11) is 0. The molecule has 0 heterocycles. The Morgan fingerprint density at radius 3 is 2.45 bits per heavy atom. The summed E-state index contributed by atoms with van der Waals surface area (Å²) in [4.78, 5) is 0. The highest BCUT2D eigenvalue weighted by atomic mass is 79.9. The zero-order valence-corrected chi connectivity index (χ0v) is 8.83. The third-order valence-electron chi connectivity index (χ3n) is 1.49. The lowest BCUT2D eigenvalue weighted by atomic mass is 10.0. The fraction of sp³-hybridized carbons (Fsp3) is 0.222. The van der Waals surface area contributed by atoms with Crippen molar-refractivity contribution in [3.8, 4) is 0 Å². The van der Waals surface area contributed by atoms with Crippen molar-refractivity contribution in [2.24, 2.45) is 0 Å². The summed E-state index contributed by atoms with van der Waals surface area (Å²) in [6, 6.07) is 5.87. The molecule has 1 radical (unpaired) electrons. The van der Waals surface area contributed by atoms with E-state index in [-0.39, 0.29) is 0 Å². The first-order valence-electron chi connectivity index (χ1n) is 3.37. The van der Waals surface area contributed by atoms with Gasteiger partial charge in [0.05, 0.1) is 5.02 Å². The monoisotopic (exact) mass is 231 g/mol. The van der Waals surface area contributed by atoms with Crippen molar-refractivity contribution >= 4 is 27.5 Å². The smallest absolute Gasteiger partial charge is 0.0551 e. The van der Waals surface area contributed by atoms with Gasteiger partial charge < -0.3 is 0 Å². The maximum Gasteiger partial charge on any atom is 0.0551 e. The quantitative estimate of drug-likeness (QED) is 0.685. The van der Waals surface area contributed by atoms with Crippen LogP contribution in [-0.4, -0.2) is 0 Å². The van der Waals surface area contributed by atoms with Crippen LogP contribution in [0.25, 0.3) is 0 Å². The molecule has 0 N–H and O–H groups in total. The number of hydrogen-bond donors (Lipinski definition) is 0. The second-order valence-electron chi connectivity index (χ2n) is 2.60. The van der Waals surface area contributed by atoms with Gasteiger partial charge in [-0.15, -0.1) is 0 Å². The predicted molar refractivity (Wildman–Crippen MR) is 52.8 cm³/mol. The van der Waals surface area contributed by atoms with Crippen LogP contribution < -0.4 is 0 Å². The van der Waals surface area contributed by atoms with Gasteiger partial charge in [-0.25, -0.2) is 0 Å². The first kappa shape index (κ1) is 9.08. The van der Waals surface area contributed by atoms with E-state index in [9.17, 15) is 0 Å². The summed E-state index contributed by atoms with van der Waals surface area (Å²) in [5, 5.41) is 0.767. The van der Waals surface area contributed by atoms with Gasteiger partial charge in [0.1, 0.15) is 0 Å². The van der Waals surface area contributed by atoms with Gasteiger partial charge in [0.2, 0.25) is 0 Å². The Labute approximate surface area is 80.7 Å². The highest BCUT2D eigenvalue weighted by Crippen LogP contribution is 2.30. The van der Waals surface area contributed by atoms with Crippen molar-refractivity contribution < 1.29 is 0 Å². The van der Waals surface area contributed by atoms with E-state index in [0.29, 0.717) is 0 Å². The summed E-state index contributed by atoms with van der Waals surface area (Å²) in [6.45, 7) is 4.13. The zero-order valence-electron chi connectivity index (χ0n) is 6.49. The van der Waals surface area contributed by atoms with Crippen molar-refractivity contribution in [1.82, 2.24) is 0 Å². The normalized spacial score (nSPS) is 10.6. The van der Waals surface area contributed by atoms with E-state index in [4.69, 9.17) is 11.6 Å². The maximum atomic E-state index is 5.90. The molecule has 0 saturated heterocycles.